The van der Waals surface area contributed by atoms with Gasteiger partial charge in [0.05, 0.1) is 21.7 Å². The molecular formula is C22H20N2O3S2. The molecule has 0 saturated carbocycles. The zero-order chi connectivity index (χ0) is 20.3. The van der Waals surface area contributed by atoms with Gasteiger partial charge in [0.2, 0.25) is 10.0 Å². The first-order valence-corrected chi connectivity index (χ1v) is 11.5. The van der Waals surface area contributed by atoms with Gasteiger partial charge in [0.25, 0.3) is 0 Å². The van der Waals surface area contributed by atoms with Gasteiger partial charge in [-0.3, -0.25) is 9.36 Å². The van der Waals surface area contributed by atoms with E-state index in [2.05, 4.69) is 4.72 Å². The summed E-state index contributed by atoms with van der Waals surface area (Å²) >= 11 is 1.06. The molecule has 0 saturated heterocycles. The minimum Gasteiger partial charge on any atom is -0.294 e. The van der Waals surface area contributed by atoms with E-state index < -0.39 is 10.0 Å². The van der Waals surface area contributed by atoms with E-state index in [1.54, 1.807) is 22.8 Å². The fraction of sp³-hybridized carbons (Fsp3) is 0.136. The number of benzene rings is 3. The summed E-state index contributed by atoms with van der Waals surface area (Å²) in [7, 11) is -3.64. The quantitative estimate of drug-likeness (QED) is 0.493. The largest absolute Gasteiger partial charge is 0.308 e. The second-order valence-corrected chi connectivity index (χ2v) is 9.46. The first kappa shape index (κ1) is 19.6. The summed E-state index contributed by atoms with van der Waals surface area (Å²) in [6.45, 7) is 0.775. The maximum absolute atomic E-state index is 12.7. The van der Waals surface area contributed by atoms with Crippen LogP contribution in [-0.4, -0.2) is 19.5 Å². The number of nitrogens with zero attached hydrogens (tertiary/aromatic N) is 1. The van der Waals surface area contributed by atoms with Crippen LogP contribution in [0, 0.1) is 0 Å². The number of nitrogens with one attached hydrogen (secondary N) is 1. The maximum atomic E-state index is 12.7. The van der Waals surface area contributed by atoms with Crippen molar-refractivity contribution in [3.05, 3.63) is 99.7 Å². The lowest BCUT2D eigenvalue weighted by atomic mass is 10.2. The van der Waals surface area contributed by atoms with E-state index >= 15 is 0 Å². The summed E-state index contributed by atoms with van der Waals surface area (Å²) < 4.78 is 30.3. The molecule has 0 unspecified atom stereocenters. The van der Waals surface area contributed by atoms with Crippen LogP contribution in [-0.2, 0) is 23.0 Å². The average Bonchev–Trinajstić information content (AvgIpc) is 3.04. The van der Waals surface area contributed by atoms with Crippen LogP contribution < -0.4 is 9.60 Å². The number of thiazole rings is 1. The Balaban J connectivity index is 1.54. The third kappa shape index (κ3) is 4.48. The highest BCUT2D eigenvalue weighted by Crippen LogP contribution is 2.22. The summed E-state index contributed by atoms with van der Waals surface area (Å²) in [5.74, 6) is 0. The van der Waals surface area contributed by atoms with Crippen molar-refractivity contribution in [2.45, 2.75) is 17.9 Å². The highest BCUT2D eigenvalue weighted by atomic mass is 32.2. The van der Waals surface area contributed by atoms with Crippen molar-refractivity contribution in [2.75, 3.05) is 6.54 Å². The molecule has 0 radical (unpaired) electrons. The first-order valence-electron chi connectivity index (χ1n) is 9.24. The fourth-order valence-corrected chi connectivity index (χ4v) is 5.25. The molecule has 0 atom stereocenters. The van der Waals surface area contributed by atoms with E-state index in [4.69, 9.17) is 0 Å². The minimum atomic E-state index is -3.64. The van der Waals surface area contributed by atoms with Gasteiger partial charge in [-0.2, -0.15) is 0 Å². The lowest BCUT2D eigenvalue weighted by Gasteiger charge is -2.08. The number of fused-ring (bicyclic) bond motifs is 1. The Morgan fingerprint density at radius 1 is 0.862 bits per heavy atom. The van der Waals surface area contributed by atoms with Gasteiger partial charge < -0.3 is 0 Å². The van der Waals surface area contributed by atoms with Gasteiger partial charge in [0.1, 0.15) is 0 Å². The van der Waals surface area contributed by atoms with Crippen molar-refractivity contribution in [1.82, 2.24) is 9.29 Å². The van der Waals surface area contributed by atoms with Crippen LogP contribution in [0.4, 0.5) is 0 Å². The van der Waals surface area contributed by atoms with Crippen molar-refractivity contribution in [3.8, 4) is 0 Å². The topological polar surface area (TPSA) is 68.2 Å². The third-order valence-corrected chi connectivity index (χ3v) is 7.08. The average molecular weight is 425 g/mol. The standard InChI is InChI=1S/C22H20N2O3S2/c25-22-24(16-18-9-5-2-6-10-18)20-12-11-19(15-21(20)28-22)29(26,27)23-14-13-17-7-3-1-4-8-17/h1-12,15,23H,13-14,16H2. The van der Waals surface area contributed by atoms with Gasteiger partial charge in [-0.1, -0.05) is 72.0 Å². The highest BCUT2D eigenvalue weighted by Gasteiger charge is 2.16. The monoisotopic (exact) mass is 424 g/mol. The molecule has 7 heteroatoms. The predicted octanol–water partition coefficient (Wildman–Crippen LogP) is 3.63. The van der Waals surface area contributed by atoms with Gasteiger partial charge in [0.15, 0.2) is 0 Å². The molecule has 0 fully saturated rings. The van der Waals surface area contributed by atoms with E-state index in [0.717, 1.165) is 28.0 Å². The number of hydrogen-bond donors (Lipinski definition) is 1. The smallest absolute Gasteiger partial charge is 0.294 e. The van der Waals surface area contributed by atoms with Crippen LogP contribution in [0.25, 0.3) is 10.2 Å². The van der Waals surface area contributed by atoms with Crippen molar-refractivity contribution >= 4 is 31.6 Å². The molecule has 4 rings (SSSR count). The zero-order valence-electron chi connectivity index (χ0n) is 15.6. The predicted molar refractivity (Wildman–Crippen MR) is 117 cm³/mol. The number of rotatable bonds is 7. The summed E-state index contributed by atoms with van der Waals surface area (Å²) in [6, 6.07) is 24.3. The summed E-state index contributed by atoms with van der Waals surface area (Å²) in [6.07, 6.45) is 0.614. The van der Waals surface area contributed by atoms with Gasteiger partial charge >= 0.3 is 4.87 Å². The maximum Gasteiger partial charge on any atom is 0.308 e. The molecule has 0 spiro atoms. The Labute approximate surface area is 173 Å². The molecule has 5 nitrogen and oxygen atoms in total. The third-order valence-electron chi connectivity index (χ3n) is 4.68. The Kier molecular flexibility index (Phi) is 5.62. The van der Waals surface area contributed by atoms with Crippen molar-refractivity contribution < 1.29 is 8.42 Å². The Morgan fingerprint density at radius 2 is 1.52 bits per heavy atom. The lowest BCUT2D eigenvalue weighted by molar-refractivity contribution is 0.582. The molecule has 0 aliphatic heterocycles. The molecule has 0 aliphatic carbocycles. The van der Waals surface area contributed by atoms with Crippen molar-refractivity contribution in [3.63, 3.8) is 0 Å². The van der Waals surface area contributed by atoms with E-state index in [9.17, 15) is 13.2 Å². The lowest BCUT2D eigenvalue weighted by Crippen LogP contribution is -2.26. The molecule has 1 heterocycles. The summed E-state index contributed by atoms with van der Waals surface area (Å²) in [5.41, 5.74) is 2.84. The molecule has 0 amide bonds. The van der Waals surface area contributed by atoms with Gasteiger partial charge in [0, 0.05) is 6.54 Å². The fourth-order valence-electron chi connectivity index (χ4n) is 3.19. The second kappa shape index (κ2) is 8.32. The molecule has 0 aliphatic rings. The zero-order valence-corrected chi connectivity index (χ0v) is 17.2. The van der Waals surface area contributed by atoms with Gasteiger partial charge in [-0.05, 0) is 35.7 Å². The molecule has 3 aromatic carbocycles. The van der Waals surface area contributed by atoms with Crippen LogP contribution in [0.3, 0.4) is 0 Å². The minimum absolute atomic E-state index is 0.101. The Morgan fingerprint density at radius 3 is 2.21 bits per heavy atom. The van der Waals surface area contributed by atoms with E-state index in [0.29, 0.717) is 24.2 Å². The van der Waals surface area contributed by atoms with Crippen LogP contribution in [0.15, 0.2) is 88.6 Å². The first-order chi connectivity index (χ1) is 14.0. The van der Waals surface area contributed by atoms with E-state index in [1.807, 2.05) is 60.7 Å². The molecule has 1 N–H and O–H groups in total. The SMILES string of the molecule is O=c1sc2cc(S(=O)(=O)NCCc3ccccc3)ccc2n1Cc1ccccc1. The molecular weight excluding hydrogens is 404 g/mol. The Hall–Kier alpha value is -2.74. The molecule has 4 aromatic rings. The second-order valence-electron chi connectivity index (χ2n) is 6.70. The molecule has 148 valence electrons. The van der Waals surface area contributed by atoms with Gasteiger partial charge in [-0.25, -0.2) is 13.1 Å². The Bertz CT molecular complexity index is 1280. The number of sulfonamides is 1. The molecule has 29 heavy (non-hydrogen) atoms. The normalized spacial score (nSPS) is 11.7. The molecule has 0 bridgehead atoms. The summed E-state index contributed by atoms with van der Waals surface area (Å²) in [4.78, 5) is 12.5. The van der Waals surface area contributed by atoms with Crippen molar-refractivity contribution in [1.29, 1.82) is 0 Å². The van der Waals surface area contributed by atoms with Gasteiger partial charge in [-0.15, -0.1) is 0 Å². The van der Waals surface area contributed by atoms with Crippen LogP contribution >= 0.6 is 11.3 Å². The molecule has 1 aromatic heterocycles. The van der Waals surface area contributed by atoms with E-state index in [-0.39, 0.29) is 9.77 Å². The van der Waals surface area contributed by atoms with Crippen LogP contribution in [0.1, 0.15) is 11.1 Å². The highest BCUT2D eigenvalue weighted by molar-refractivity contribution is 7.89. The van der Waals surface area contributed by atoms with E-state index in [1.165, 1.54) is 0 Å². The van der Waals surface area contributed by atoms with Crippen molar-refractivity contribution in [2.24, 2.45) is 0 Å². The summed E-state index contributed by atoms with van der Waals surface area (Å²) in [5, 5.41) is 0. The van der Waals surface area contributed by atoms with Crippen LogP contribution in [0.5, 0.6) is 0 Å². The van der Waals surface area contributed by atoms with Crippen LogP contribution in [0.2, 0.25) is 0 Å². The number of hydrogen-bond acceptors (Lipinski definition) is 4. The number of aromatic nitrogens is 1.